The van der Waals surface area contributed by atoms with Gasteiger partial charge in [-0.25, -0.2) is 0 Å². The summed E-state index contributed by atoms with van der Waals surface area (Å²) in [5, 5.41) is 3.62. The summed E-state index contributed by atoms with van der Waals surface area (Å²) < 4.78 is 11.6. The molecule has 1 aromatic carbocycles. The van der Waals surface area contributed by atoms with Crippen LogP contribution >= 0.6 is 0 Å². The molecule has 2 atom stereocenters. The zero-order valence-electron chi connectivity index (χ0n) is 13.4. The van der Waals surface area contributed by atoms with Gasteiger partial charge in [-0.3, -0.25) is 0 Å². The van der Waals surface area contributed by atoms with Crippen LogP contribution in [0.2, 0.25) is 0 Å². The first-order valence-corrected chi connectivity index (χ1v) is 8.22. The summed E-state index contributed by atoms with van der Waals surface area (Å²) in [5.74, 6) is 1.05. The van der Waals surface area contributed by atoms with Crippen LogP contribution in [0.4, 0.5) is 0 Å². The maximum absolute atomic E-state index is 5.82. The second kappa shape index (κ2) is 5.98. The Morgan fingerprint density at radius 2 is 2.24 bits per heavy atom. The maximum atomic E-state index is 5.82. The van der Waals surface area contributed by atoms with Crippen molar-refractivity contribution in [3.8, 4) is 5.75 Å². The molecule has 2 heterocycles. The van der Waals surface area contributed by atoms with Crippen molar-refractivity contribution in [1.29, 1.82) is 0 Å². The van der Waals surface area contributed by atoms with Crippen molar-refractivity contribution in [1.82, 2.24) is 5.32 Å². The van der Waals surface area contributed by atoms with E-state index in [0.717, 1.165) is 31.9 Å². The first-order valence-electron chi connectivity index (χ1n) is 8.22. The quantitative estimate of drug-likeness (QED) is 0.899. The molecule has 1 aromatic rings. The Kier molecular flexibility index (Phi) is 4.23. The van der Waals surface area contributed by atoms with Gasteiger partial charge in [0.15, 0.2) is 0 Å². The molecule has 2 aliphatic heterocycles. The molecule has 3 heteroatoms. The standard InChI is InChI=1S/C18H27NO2/c1-4-19-16(11-14-6-5-9-20-14)13-7-8-17-15(10-13)18(2,3)12-21-17/h7-8,10,14,16,19H,4-6,9,11-12H2,1-3H3. The number of fused-ring (bicyclic) bond motifs is 1. The molecule has 1 saturated heterocycles. The lowest BCUT2D eigenvalue weighted by Gasteiger charge is -2.23. The molecule has 1 fully saturated rings. The highest BCUT2D eigenvalue weighted by Gasteiger charge is 2.32. The van der Waals surface area contributed by atoms with Gasteiger partial charge < -0.3 is 14.8 Å². The lowest BCUT2D eigenvalue weighted by Crippen LogP contribution is -2.26. The Morgan fingerprint density at radius 1 is 1.38 bits per heavy atom. The summed E-state index contributed by atoms with van der Waals surface area (Å²) in [7, 11) is 0. The highest BCUT2D eigenvalue weighted by molar-refractivity contribution is 5.45. The minimum Gasteiger partial charge on any atom is -0.492 e. The fourth-order valence-corrected chi connectivity index (χ4v) is 3.43. The minimum atomic E-state index is 0.117. The van der Waals surface area contributed by atoms with Gasteiger partial charge in [-0.1, -0.05) is 26.8 Å². The van der Waals surface area contributed by atoms with Crippen LogP contribution in [-0.4, -0.2) is 25.9 Å². The van der Waals surface area contributed by atoms with Crippen LogP contribution in [-0.2, 0) is 10.2 Å². The monoisotopic (exact) mass is 289 g/mol. The highest BCUT2D eigenvalue weighted by Crippen LogP contribution is 2.40. The second-order valence-corrected chi connectivity index (χ2v) is 6.91. The highest BCUT2D eigenvalue weighted by atomic mass is 16.5. The first kappa shape index (κ1) is 14.9. The van der Waals surface area contributed by atoms with Gasteiger partial charge in [0.1, 0.15) is 5.75 Å². The SMILES string of the molecule is CCNC(CC1CCCO1)c1ccc2c(c1)C(C)(C)CO2. The van der Waals surface area contributed by atoms with Gasteiger partial charge in [-0.15, -0.1) is 0 Å². The zero-order chi connectivity index (χ0) is 14.9. The fraction of sp³-hybridized carbons (Fsp3) is 0.667. The van der Waals surface area contributed by atoms with Gasteiger partial charge in [0.05, 0.1) is 12.7 Å². The van der Waals surface area contributed by atoms with E-state index in [4.69, 9.17) is 9.47 Å². The largest absolute Gasteiger partial charge is 0.492 e. The van der Waals surface area contributed by atoms with Gasteiger partial charge in [-0.2, -0.15) is 0 Å². The van der Waals surface area contributed by atoms with Crippen LogP contribution in [0.1, 0.15) is 57.2 Å². The molecule has 116 valence electrons. The number of nitrogens with one attached hydrogen (secondary N) is 1. The molecule has 2 aliphatic rings. The summed E-state index contributed by atoms with van der Waals surface area (Å²) in [6, 6.07) is 7.06. The van der Waals surface area contributed by atoms with Gasteiger partial charge in [0, 0.05) is 23.6 Å². The molecule has 2 unspecified atom stereocenters. The number of benzene rings is 1. The van der Waals surface area contributed by atoms with Gasteiger partial charge in [0.2, 0.25) is 0 Å². The van der Waals surface area contributed by atoms with Crippen LogP contribution in [0, 0.1) is 0 Å². The number of ether oxygens (including phenoxy) is 2. The molecule has 0 spiro atoms. The van der Waals surface area contributed by atoms with E-state index in [9.17, 15) is 0 Å². The van der Waals surface area contributed by atoms with Crippen molar-refractivity contribution in [3.63, 3.8) is 0 Å². The molecular formula is C18H27NO2. The lowest BCUT2D eigenvalue weighted by molar-refractivity contribution is 0.0947. The molecule has 0 bridgehead atoms. The third kappa shape index (κ3) is 3.09. The third-order valence-electron chi connectivity index (χ3n) is 4.70. The van der Waals surface area contributed by atoms with Crippen molar-refractivity contribution in [2.75, 3.05) is 19.8 Å². The summed E-state index contributed by atoms with van der Waals surface area (Å²) >= 11 is 0. The van der Waals surface area contributed by atoms with Crippen LogP contribution in [0.25, 0.3) is 0 Å². The average Bonchev–Trinajstić information content (AvgIpc) is 3.07. The normalized spacial score (nSPS) is 24.6. The Bertz CT molecular complexity index is 492. The molecule has 0 aliphatic carbocycles. The van der Waals surface area contributed by atoms with Crippen molar-refractivity contribution >= 4 is 0 Å². The van der Waals surface area contributed by atoms with Crippen LogP contribution in [0.3, 0.4) is 0 Å². The molecule has 1 N–H and O–H groups in total. The molecule has 3 nitrogen and oxygen atoms in total. The predicted octanol–water partition coefficient (Wildman–Crippen LogP) is 3.58. The Hall–Kier alpha value is -1.06. The zero-order valence-corrected chi connectivity index (χ0v) is 13.4. The van der Waals surface area contributed by atoms with Crippen LogP contribution in [0.15, 0.2) is 18.2 Å². The van der Waals surface area contributed by atoms with Gasteiger partial charge >= 0.3 is 0 Å². The molecular weight excluding hydrogens is 262 g/mol. The van der Waals surface area contributed by atoms with E-state index < -0.39 is 0 Å². The second-order valence-electron chi connectivity index (χ2n) is 6.91. The summed E-state index contributed by atoms with van der Waals surface area (Å²) in [6.45, 7) is 9.37. The first-order chi connectivity index (χ1) is 10.1. The van der Waals surface area contributed by atoms with E-state index in [0.29, 0.717) is 12.1 Å². The maximum Gasteiger partial charge on any atom is 0.123 e. The smallest absolute Gasteiger partial charge is 0.123 e. The summed E-state index contributed by atoms with van der Waals surface area (Å²) in [4.78, 5) is 0. The average molecular weight is 289 g/mol. The number of hydrogen-bond acceptors (Lipinski definition) is 3. The Labute approximate surface area is 128 Å². The van der Waals surface area contributed by atoms with Crippen LogP contribution in [0.5, 0.6) is 5.75 Å². The van der Waals surface area contributed by atoms with E-state index in [-0.39, 0.29) is 5.41 Å². The fourth-order valence-electron chi connectivity index (χ4n) is 3.43. The Balaban J connectivity index is 1.82. The van der Waals surface area contributed by atoms with Crippen LogP contribution < -0.4 is 10.1 Å². The molecule has 0 radical (unpaired) electrons. The van der Waals surface area contributed by atoms with E-state index in [1.807, 2.05) is 0 Å². The van der Waals surface area contributed by atoms with Crippen molar-refractivity contribution in [2.24, 2.45) is 0 Å². The summed E-state index contributed by atoms with van der Waals surface area (Å²) in [6.07, 6.45) is 3.87. The van der Waals surface area contributed by atoms with E-state index in [1.165, 1.54) is 24.0 Å². The van der Waals surface area contributed by atoms with Gasteiger partial charge in [-0.05, 0) is 43.5 Å². The molecule has 21 heavy (non-hydrogen) atoms. The van der Waals surface area contributed by atoms with Crippen molar-refractivity contribution in [3.05, 3.63) is 29.3 Å². The Morgan fingerprint density at radius 3 is 2.95 bits per heavy atom. The van der Waals surface area contributed by atoms with E-state index in [2.05, 4.69) is 44.3 Å². The minimum absolute atomic E-state index is 0.117. The molecule has 0 aromatic heterocycles. The molecule has 0 amide bonds. The number of hydrogen-bond donors (Lipinski definition) is 1. The van der Waals surface area contributed by atoms with Crippen molar-refractivity contribution in [2.45, 2.75) is 57.6 Å². The number of rotatable bonds is 5. The van der Waals surface area contributed by atoms with Crippen molar-refractivity contribution < 1.29 is 9.47 Å². The molecule has 3 rings (SSSR count). The third-order valence-corrected chi connectivity index (χ3v) is 4.70. The van der Waals surface area contributed by atoms with Gasteiger partial charge in [0.25, 0.3) is 0 Å². The summed E-state index contributed by atoms with van der Waals surface area (Å²) in [5.41, 5.74) is 2.83. The van der Waals surface area contributed by atoms with E-state index in [1.54, 1.807) is 0 Å². The topological polar surface area (TPSA) is 30.5 Å². The predicted molar refractivity (Wildman–Crippen MR) is 85.0 cm³/mol. The lowest BCUT2D eigenvalue weighted by atomic mass is 9.85. The molecule has 0 saturated carbocycles. The van der Waals surface area contributed by atoms with E-state index >= 15 is 0 Å².